The molecule has 1 aromatic rings. The van der Waals surface area contributed by atoms with Crippen molar-refractivity contribution in [1.29, 1.82) is 0 Å². The van der Waals surface area contributed by atoms with Crippen molar-refractivity contribution in [3.8, 4) is 5.75 Å². The molecule has 0 heterocycles. The Balaban J connectivity index is 2.47. The van der Waals surface area contributed by atoms with Crippen molar-refractivity contribution in [2.45, 2.75) is 57.9 Å². The van der Waals surface area contributed by atoms with E-state index in [4.69, 9.17) is 5.73 Å². The molecule has 0 aliphatic rings. The van der Waals surface area contributed by atoms with E-state index in [1.165, 1.54) is 37.5 Å². The molecule has 0 bridgehead atoms. The molecule has 0 fully saturated rings. The molecular formula is C15H22F3NO. The van der Waals surface area contributed by atoms with Gasteiger partial charge in [-0.2, -0.15) is 0 Å². The van der Waals surface area contributed by atoms with Crippen molar-refractivity contribution in [2.24, 2.45) is 5.73 Å². The highest BCUT2D eigenvalue weighted by Gasteiger charge is 2.31. The Labute approximate surface area is 118 Å². The Morgan fingerprint density at radius 2 is 1.85 bits per heavy atom. The lowest BCUT2D eigenvalue weighted by Crippen LogP contribution is -2.17. The molecule has 0 saturated carbocycles. The second-order valence-electron chi connectivity index (χ2n) is 4.93. The number of halogens is 3. The van der Waals surface area contributed by atoms with Gasteiger partial charge in [-0.3, -0.25) is 0 Å². The molecular weight excluding hydrogens is 267 g/mol. The SMILES string of the molecule is CCCCCCCC(N)c1cccc(OC(F)(F)F)c1. The third kappa shape index (κ3) is 6.80. The van der Waals surface area contributed by atoms with Crippen LogP contribution in [0.1, 0.15) is 57.1 Å². The van der Waals surface area contributed by atoms with Crippen molar-refractivity contribution < 1.29 is 17.9 Å². The smallest absolute Gasteiger partial charge is 0.406 e. The van der Waals surface area contributed by atoms with Crippen LogP contribution in [-0.2, 0) is 0 Å². The normalized spacial score (nSPS) is 13.2. The maximum absolute atomic E-state index is 12.1. The summed E-state index contributed by atoms with van der Waals surface area (Å²) in [6, 6.07) is 5.68. The van der Waals surface area contributed by atoms with Gasteiger partial charge in [-0.1, -0.05) is 51.2 Å². The predicted molar refractivity (Wildman–Crippen MR) is 73.4 cm³/mol. The van der Waals surface area contributed by atoms with Crippen molar-refractivity contribution in [3.63, 3.8) is 0 Å². The molecule has 5 heteroatoms. The van der Waals surface area contributed by atoms with Crippen LogP contribution < -0.4 is 10.5 Å². The minimum Gasteiger partial charge on any atom is -0.406 e. The summed E-state index contributed by atoms with van der Waals surface area (Å²) in [5.74, 6) is -0.212. The molecule has 1 rings (SSSR count). The Kier molecular flexibility index (Phi) is 6.85. The summed E-state index contributed by atoms with van der Waals surface area (Å²) in [4.78, 5) is 0. The molecule has 0 radical (unpaired) electrons. The Morgan fingerprint density at radius 3 is 2.50 bits per heavy atom. The van der Waals surface area contributed by atoms with Gasteiger partial charge in [0.2, 0.25) is 0 Å². The highest BCUT2D eigenvalue weighted by atomic mass is 19.4. The largest absolute Gasteiger partial charge is 0.573 e. The van der Waals surface area contributed by atoms with E-state index in [0.29, 0.717) is 5.56 Å². The third-order valence-electron chi connectivity index (χ3n) is 3.14. The topological polar surface area (TPSA) is 35.2 Å². The van der Waals surface area contributed by atoms with Gasteiger partial charge in [-0.15, -0.1) is 13.2 Å². The molecule has 2 nitrogen and oxygen atoms in total. The number of benzene rings is 1. The van der Waals surface area contributed by atoms with Crippen LogP contribution in [0.3, 0.4) is 0 Å². The number of hydrogen-bond donors (Lipinski definition) is 1. The lowest BCUT2D eigenvalue weighted by molar-refractivity contribution is -0.274. The number of nitrogens with two attached hydrogens (primary N) is 1. The van der Waals surface area contributed by atoms with E-state index < -0.39 is 6.36 Å². The number of alkyl halides is 3. The summed E-state index contributed by atoms with van der Waals surface area (Å²) < 4.78 is 40.3. The summed E-state index contributed by atoms with van der Waals surface area (Å²) in [7, 11) is 0. The zero-order valence-corrected chi connectivity index (χ0v) is 11.7. The van der Waals surface area contributed by atoms with Crippen LogP contribution >= 0.6 is 0 Å². The van der Waals surface area contributed by atoms with E-state index in [0.717, 1.165) is 19.3 Å². The molecule has 0 amide bonds. The zero-order chi connectivity index (χ0) is 15.0. The van der Waals surface area contributed by atoms with Crippen molar-refractivity contribution in [2.75, 3.05) is 0 Å². The Hall–Kier alpha value is -1.23. The van der Waals surface area contributed by atoms with Gasteiger partial charge < -0.3 is 10.5 Å². The highest BCUT2D eigenvalue weighted by molar-refractivity contribution is 5.30. The van der Waals surface area contributed by atoms with Crippen LogP contribution in [0, 0.1) is 0 Å². The second-order valence-corrected chi connectivity index (χ2v) is 4.93. The Bertz CT molecular complexity index is 393. The highest BCUT2D eigenvalue weighted by Crippen LogP contribution is 2.26. The van der Waals surface area contributed by atoms with E-state index in [1.807, 2.05) is 0 Å². The Morgan fingerprint density at radius 1 is 1.15 bits per heavy atom. The first-order chi connectivity index (χ1) is 9.42. The van der Waals surface area contributed by atoms with E-state index in [-0.39, 0.29) is 11.8 Å². The summed E-state index contributed by atoms with van der Waals surface area (Å²) in [5.41, 5.74) is 6.69. The van der Waals surface area contributed by atoms with Crippen molar-refractivity contribution in [1.82, 2.24) is 0 Å². The summed E-state index contributed by atoms with van der Waals surface area (Å²) in [6.07, 6.45) is 1.79. The zero-order valence-electron chi connectivity index (χ0n) is 11.7. The minimum atomic E-state index is -4.66. The van der Waals surface area contributed by atoms with Gasteiger partial charge in [-0.05, 0) is 24.1 Å². The first-order valence-electron chi connectivity index (χ1n) is 7.03. The number of rotatable bonds is 8. The van der Waals surface area contributed by atoms with Gasteiger partial charge in [-0.25, -0.2) is 0 Å². The van der Waals surface area contributed by atoms with Gasteiger partial charge in [0.05, 0.1) is 0 Å². The van der Waals surface area contributed by atoms with Crippen LogP contribution in [0.15, 0.2) is 24.3 Å². The number of ether oxygens (including phenoxy) is 1. The molecule has 0 spiro atoms. The van der Waals surface area contributed by atoms with Crippen LogP contribution in [0.2, 0.25) is 0 Å². The molecule has 0 aliphatic heterocycles. The van der Waals surface area contributed by atoms with Gasteiger partial charge in [0.15, 0.2) is 0 Å². The number of hydrogen-bond acceptors (Lipinski definition) is 2. The van der Waals surface area contributed by atoms with Crippen LogP contribution in [0.5, 0.6) is 5.75 Å². The van der Waals surface area contributed by atoms with E-state index in [9.17, 15) is 13.2 Å². The van der Waals surface area contributed by atoms with E-state index in [2.05, 4.69) is 11.7 Å². The molecule has 2 N–H and O–H groups in total. The molecule has 0 aliphatic carbocycles. The fourth-order valence-corrected chi connectivity index (χ4v) is 2.08. The average molecular weight is 289 g/mol. The lowest BCUT2D eigenvalue weighted by atomic mass is 10.0. The first-order valence-corrected chi connectivity index (χ1v) is 7.03. The average Bonchev–Trinajstić information content (AvgIpc) is 2.36. The molecule has 20 heavy (non-hydrogen) atoms. The fourth-order valence-electron chi connectivity index (χ4n) is 2.08. The molecule has 114 valence electrons. The predicted octanol–water partition coefficient (Wildman–Crippen LogP) is 4.95. The maximum Gasteiger partial charge on any atom is 0.573 e. The van der Waals surface area contributed by atoms with Crippen LogP contribution in [-0.4, -0.2) is 6.36 Å². The minimum absolute atomic E-state index is 0.212. The molecule has 1 atom stereocenters. The number of unbranched alkanes of at least 4 members (excludes halogenated alkanes) is 4. The van der Waals surface area contributed by atoms with Crippen molar-refractivity contribution >= 4 is 0 Å². The standard InChI is InChI=1S/C15H22F3NO/c1-2-3-4-5-6-10-14(19)12-8-7-9-13(11-12)20-15(16,17)18/h7-9,11,14H,2-6,10,19H2,1H3. The monoisotopic (exact) mass is 289 g/mol. The molecule has 0 saturated heterocycles. The van der Waals surface area contributed by atoms with E-state index in [1.54, 1.807) is 6.07 Å². The molecule has 0 aromatic heterocycles. The first kappa shape index (κ1) is 16.8. The molecule has 1 aromatic carbocycles. The van der Waals surface area contributed by atoms with Crippen LogP contribution in [0.4, 0.5) is 13.2 Å². The van der Waals surface area contributed by atoms with Gasteiger partial charge >= 0.3 is 6.36 Å². The summed E-state index contributed by atoms with van der Waals surface area (Å²) in [6.45, 7) is 2.15. The van der Waals surface area contributed by atoms with Crippen LogP contribution in [0.25, 0.3) is 0 Å². The van der Waals surface area contributed by atoms with Gasteiger partial charge in [0.1, 0.15) is 5.75 Å². The van der Waals surface area contributed by atoms with E-state index >= 15 is 0 Å². The third-order valence-corrected chi connectivity index (χ3v) is 3.14. The molecule has 1 unspecified atom stereocenters. The summed E-state index contributed by atoms with van der Waals surface area (Å²) in [5, 5.41) is 0. The fraction of sp³-hybridized carbons (Fsp3) is 0.600. The van der Waals surface area contributed by atoms with Gasteiger partial charge in [0, 0.05) is 6.04 Å². The second kappa shape index (κ2) is 8.15. The summed E-state index contributed by atoms with van der Waals surface area (Å²) >= 11 is 0. The lowest BCUT2D eigenvalue weighted by Gasteiger charge is -2.14. The quantitative estimate of drug-likeness (QED) is 0.687. The maximum atomic E-state index is 12.1. The van der Waals surface area contributed by atoms with Crippen molar-refractivity contribution in [3.05, 3.63) is 29.8 Å². The van der Waals surface area contributed by atoms with Gasteiger partial charge in [0.25, 0.3) is 0 Å².